The minimum absolute atomic E-state index is 0.0313. The molecule has 3 rings (SSSR count). The van der Waals surface area contributed by atoms with Crippen molar-refractivity contribution in [3.8, 4) is 11.5 Å². The Morgan fingerprint density at radius 3 is 2.96 bits per heavy atom. The summed E-state index contributed by atoms with van der Waals surface area (Å²) in [4.78, 5) is 19.0. The Morgan fingerprint density at radius 1 is 1.40 bits per heavy atom. The molecule has 1 aliphatic rings. The molecule has 1 aromatic carbocycles. The molecule has 25 heavy (non-hydrogen) atoms. The van der Waals surface area contributed by atoms with Gasteiger partial charge in [-0.2, -0.15) is 0 Å². The summed E-state index contributed by atoms with van der Waals surface area (Å²) in [6, 6.07) is 8.14. The van der Waals surface area contributed by atoms with Crippen molar-refractivity contribution in [3.63, 3.8) is 0 Å². The third-order valence-corrected chi connectivity index (χ3v) is 4.56. The number of nitrogens with two attached hydrogens (primary N) is 1. The van der Waals surface area contributed by atoms with Gasteiger partial charge >= 0.3 is 0 Å². The molecule has 1 atom stereocenters. The molecule has 3 N–H and O–H groups in total. The lowest BCUT2D eigenvalue weighted by Gasteiger charge is -2.31. The normalized spacial score (nSPS) is 18.2. The largest absolute Gasteiger partial charge is 0.444 e. The molecule has 2 aromatic rings. The molecule has 1 aromatic heterocycles. The second-order valence-corrected chi connectivity index (χ2v) is 6.66. The highest BCUT2D eigenvalue weighted by Crippen LogP contribution is 2.22. The Kier molecular flexibility index (Phi) is 5.83. The van der Waals surface area contributed by atoms with E-state index in [9.17, 15) is 4.79 Å². The van der Waals surface area contributed by atoms with E-state index in [1.54, 1.807) is 6.26 Å². The summed E-state index contributed by atoms with van der Waals surface area (Å²) in [5, 5.41) is 2.89. The zero-order chi connectivity index (χ0) is 17.6. The molecular formula is C19H26N4O2. The first-order chi connectivity index (χ1) is 12.2. The number of hydrogen-bond donors (Lipinski definition) is 2. The number of aromatic nitrogens is 1. The number of hydrogen-bond acceptors (Lipinski definition) is 5. The molecule has 6 nitrogen and oxygen atoms in total. The highest BCUT2D eigenvalue weighted by atomic mass is 16.3. The Balaban J connectivity index is 1.59. The maximum Gasteiger partial charge on any atom is 0.226 e. The first kappa shape index (κ1) is 17.6. The molecule has 1 fully saturated rings. The van der Waals surface area contributed by atoms with Gasteiger partial charge in [-0.1, -0.05) is 17.7 Å². The van der Waals surface area contributed by atoms with Crippen molar-refractivity contribution in [2.24, 2.45) is 11.7 Å². The third kappa shape index (κ3) is 4.67. The first-order valence-electron chi connectivity index (χ1n) is 8.87. The van der Waals surface area contributed by atoms with E-state index in [0.717, 1.165) is 37.2 Å². The standard InChI is InChI=1S/C19H26N4O2/c1-14-4-6-15(7-5-14)19-22-17(13-25-19)12-23-10-2-3-16(11-23)18(24)21-9-8-20/h4-7,13,16H,2-3,8-12,20H2,1H3,(H,21,24). The number of nitrogens with zero attached hydrogens (tertiary/aromatic N) is 2. The molecule has 0 bridgehead atoms. The second-order valence-electron chi connectivity index (χ2n) is 6.66. The molecule has 0 aliphatic carbocycles. The lowest BCUT2D eigenvalue weighted by molar-refractivity contribution is -0.126. The van der Waals surface area contributed by atoms with Gasteiger partial charge in [0.05, 0.1) is 11.6 Å². The van der Waals surface area contributed by atoms with E-state index in [2.05, 4.69) is 22.1 Å². The Hall–Kier alpha value is -2.18. The second kappa shape index (κ2) is 8.27. The summed E-state index contributed by atoms with van der Waals surface area (Å²) in [7, 11) is 0. The van der Waals surface area contributed by atoms with Crippen LogP contribution in [-0.4, -0.2) is 42.0 Å². The van der Waals surface area contributed by atoms with Crippen molar-refractivity contribution in [1.29, 1.82) is 0 Å². The van der Waals surface area contributed by atoms with E-state index < -0.39 is 0 Å². The number of carbonyl (C=O) groups is 1. The molecule has 2 heterocycles. The van der Waals surface area contributed by atoms with Crippen LogP contribution in [0.1, 0.15) is 24.1 Å². The van der Waals surface area contributed by atoms with Crippen molar-refractivity contribution >= 4 is 5.91 Å². The van der Waals surface area contributed by atoms with Crippen molar-refractivity contribution in [3.05, 3.63) is 41.8 Å². The van der Waals surface area contributed by atoms with E-state index in [4.69, 9.17) is 10.2 Å². The van der Waals surface area contributed by atoms with Gasteiger partial charge in [0.15, 0.2) is 0 Å². The molecule has 1 saturated heterocycles. The summed E-state index contributed by atoms with van der Waals surface area (Å²) in [6.45, 7) is 5.51. The highest BCUT2D eigenvalue weighted by molar-refractivity contribution is 5.78. The van der Waals surface area contributed by atoms with Gasteiger partial charge in [0.2, 0.25) is 11.8 Å². The van der Waals surface area contributed by atoms with Crippen LogP contribution in [0.5, 0.6) is 0 Å². The smallest absolute Gasteiger partial charge is 0.226 e. The fraction of sp³-hybridized carbons (Fsp3) is 0.474. The van der Waals surface area contributed by atoms with Crippen molar-refractivity contribution in [2.45, 2.75) is 26.3 Å². The predicted octanol–water partition coefficient (Wildman–Crippen LogP) is 1.94. The molecule has 1 amide bonds. The van der Waals surface area contributed by atoms with Gasteiger partial charge in [-0.25, -0.2) is 4.98 Å². The van der Waals surface area contributed by atoms with Gasteiger partial charge in [-0.3, -0.25) is 9.69 Å². The Bertz CT molecular complexity index is 696. The minimum Gasteiger partial charge on any atom is -0.444 e. The Morgan fingerprint density at radius 2 is 2.20 bits per heavy atom. The fourth-order valence-electron chi connectivity index (χ4n) is 3.19. The van der Waals surface area contributed by atoms with Crippen LogP contribution >= 0.6 is 0 Å². The summed E-state index contributed by atoms with van der Waals surface area (Å²) >= 11 is 0. The van der Waals surface area contributed by atoms with Crippen LogP contribution in [0.4, 0.5) is 0 Å². The van der Waals surface area contributed by atoms with Crippen LogP contribution in [-0.2, 0) is 11.3 Å². The number of piperidine rings is 1. The summed E-state index contributed by atoms with van der Waals surface area (Å²) < 4.78 is 5.63. The third-order valence-electron chi connectivity index (χ3n) is 4.56. The van der Waals surface area contributed by atoms with Gasteiger partial charge in [0, 0.05) is 31.7 Å². The number of rotatable bonds is 6. The number of oxazole rings is 1. The van der Waals surface area contributed by atoms with Crippen LogP contribution in [0.25, 0.3) is 11.5 Å². The number of amides is 1. The molecule has 1 aliphatic heterocycles. The topological polar surface area (TPSA) is 84.4 Å². The molecular weight excluding hydrogens is 316 g/mol. The van der Waals surface area contributed by atoms with Crippen molar-refractivity contribution in [2.75, 3.05) is 26.2 Å². The highest BCUT2D eigenvalue weighted by Gasteiger charge is 2.26. The van der Waals surface area contributed by atoms with E-state index in [1.165, 1.54) is 5.56 Å². The lowest BCUT2D eigenvalue weighted by atomic mass is 9.97. The molecule has 0 saturated carbocycles. The van der Waals surface area contributed by atoms with E-state index >= 15 is 0 Å². The zero-order valence-electron chi connectivity index (χ0n) is 14.7. The monoisotopic (exact) mass is 342 g/mol. The molecule has 1 unspecified atom stereocenters. The number of nitrogens with one attached hydrogen (secondary N) is 1. The van der Waals surface area contributed by atoms with Gasteiger partial charge in [-0.05, 0) is 38.4 Å². The average molecular weight is 342 g/mol. The van der Waals surface area contributed by atoms with Gasteiger partial charge in [0.1, 0.15) is 6.26 Å². The van der Waals surface area contributed by atoms with Crippen molar-refractivity contribution in [1.82, 2.24) is 15.2 Å². The predicted molar refractivity (Wildman–Crippen MR) is 96.7 cm³/mol. The molecule has 0 spiro atoms. The summed E-state index contributed by atoms with van der Waals surface area (Å²) in [5.74, 6) is 0.781. The van der Waals surface area contributed by atoms with Crippen LogP contribution in [0.15, 0.2) is 34.9 Å². The lowest BCUT2D eigenvalue weighted by Crippen LogP contribution is -2.43. The summed E-state index contributed by atoms with van der Waals surface area (Å²) in [6.07, 6.45) is 3.66. The molecule has 6 heteroatoms. The van der Waals surface area contributed by atoms with Gasteiger partial charge in [-0.15, -0.1) is 0 Å². The number of likely N-dealkylation sites (tertiary alicyclic amines) is 1. The number of benzene rings is 1. The van der Waals surface area contributed by atoms with Crippen LogP contribution in [0, 0.1) is 12.8 Å². The van der Waals surface area contributed by atoms with Crippen molar-refractivity contribution < 1.29 is 9.21 Å². The van der Waals surface area contributed by atoms with Gasteiger partial charge < -0.3 is 15.5 Å². The van der Waals surface area contributed by atoms with Crippen LogP contribution in [0.3, 0.4) is 0 Å². The maximum absolute atomic E-state index is 12.1. The zero-order valence-corrected chi connectivity index (χ0v) is 14.7. The van der Waals surface area contributed by atoms with Crippen LogP contribution < -0.4 is 11.1 Å². The Labute approximate surface area is 148 Å². The van der Waals surface area contributed by atoms with E-state index in [0.29, 0.717) is 25.5 Å². The van der Waals surface area contributed by atoms with E-state index in [-0.39, 0.29) is 11.8 Å². The summed E-state index contributed by atoms with van der Waals surface area (Å²) in [5.41, 5.74) is 8.54. The van der Waals surface area contributed by atoms with Gasteiger partial charge in [0.25, 0.3) is 0 Å². The molecule has 134 valence electrons. The van der Waals surface area contributed by atoms with Crippen LogP contribution in [0.2, 0.25) is 0 Å². The quantitative estimate of drug-likeness (QED) is 0.838. The minimum atomic E-state index is 0.0313. The molecule has 0 radical (unpaired) electrons. The maximum atomic E-state index is 12.1. The average Bonchev–Trinajstić information content (AvgIpc) is 3.09. The fourth-order valence-corrected chi connectivity index (χ4v) is 3.19. The number of aryl methyl sites for hydroxylation is 1. The van der Waals surface area contributed by atoms with E-state index in [1.807, 2.05) is 24.3 Å². The SMILES string of the molecule is Cc1ccc(-c2nc(CN3CCCC(C(=O)NCCN)C3)co2)cc1. The number of carbonyl (C=O) groups excluding carboxylic acids is 1. The first-order valence-corrected chi connectivity index (χ1v) is 8.87.